The molecule has 19 heavy (non-hydrogen) atoms. The Morgan fingerprint density at radius 3 is 2.47 bits per heavy atom. The second-order valence-electron chi connectivity index (χ2n) is 5.16. The molecule has 1 amide bonds. The van der Waals surface area contributed by atoms with E-state index in [0.717, 1.165) is 10.0 Å². The molecule has 1 rings (SSSR count). The highest BCUT2D eigenvalue weighted by molar-refractivity contribution is 9.10. The Hall–Kier alpha value is -1.54. The number of nitrogens with zero attached hydrogens (tertiary/aromatic N) is 1. The molecular formula is C14H17BrN2O2. The molecule has 0 fully saturated rings. The summed E-state index contributed by atoms with van der Waals surface area (Å²) in [6.07, 6.45) is -0.126. The zero-order valence-corrected chi connectivity index (χ0v) is 12.8. The van der Waals surface area contributed by atoms with Crippen LogP contribution in [0.1, 0.15) is 26.3 Å². The van der Waals surface area contributed by atoms with Gasteiger partial charge in [0.1, 0.15) is 11.6 Å². The van der Waals surface area contributed by atoms with Gasteiger partial charge < -0.3 is 10.1 Å². The third-order valence-corrected chi connectivity index (χ3v) is 2.73. The Balaban J connectivity index is 2.57. The predicted octanol–water partition coefficient (Wildman–Crippen LogP) is 3.41. The van der Waals surface area contributed by atoms with E-state index in [2.05, 4.69) is 27.3 Å². The second-order valence-corrected chi connectivity index (χ2v) is 6.07. The van der Waals surface area contributed by atoms with Crippen molar-refractivity contribution in [3.63, 3.8) is 0 Å². The highest BCUT2D eigenvalue weighted by atomic mass is 79.9. The summed E-state index contributed by atoms with van der Waals surface area (Å²) in [6, 6.07) is 9.07. The van der Waals surface area contributed by atoms with Gasteiger partial charge in [0.25, 0.3) is 0 Å². The maximum Gasteiger partial charge on any atom is 0.408 e. The fourth-order valence-corrected chi connectivity index (χ4v) is 1.70. The van der Waals surface area contributed by atoms with Crippen molar-refractivity contribution in [3.8, 4) is 6.07 Å². The fourth-order valence-electron chi connectivity index (χ4n) is 1.43. The maximum atomic E-state index is 11.6. The Morgan fingerprint density at radius 2 is 2.00 bits per heavy atom. The number of benzene rings is 1. The van der Waals surface area contributed by atoms with E-state index in [1.165, 1.54) is 0 Å². The summed E-state index contributed by atoms with van der Waals surface area (Å²) in [6.45, 7) is 5.34. The van der Waals surface area contributed by atoms with Crippen LogP contribution in [-0.2, 0) is 11.2 Å². The van der Waals surface area contributed by atoms with E-state index in [0.29, 0.717) is 6.42 Å². The van der Waals surface area contributed by atoms with Crippen LogP contribution in [0.5, 0.6) is 0 Å². The second kappa shape index (κ2) is 6.58. The largest absolute Gasteiger partial charge is 0.444 e. The minimum Gasteiger partial charge on any atom is -0.444 e. The molecule has 1 aromatic rings. The molecule has 0 spiro atoms. The molecule has 1 N–H and O–H groups in total. The maximum absolute atomic E-state index is 11.6. The lowest BCUT2D eigenvalue weighted by atomic mass is 10.1. The Labute approximate surface area is 121 Å². The van der Waals surface area contributed by atoms with Crippen molar-refractivity contribution in [1.82, 2.24) is 5.32 Å². The molecule has 0 aromatic heterocycles. The average Bonchev–Trinajstić information content (AvgIpc) is 2.28. The van der Waals surface area contributed by atoms with Crippen LogP contribution < -0.4 is 5.32 Å². The summed E-state index contributed by atoms with van der Waals surface area (Å²) in [4.78, 5) is 11.6. The SMILES string of the molecule is CC(C)(C)OC(=O)N[C@H](C#N)Cc1ccc(Br)cc1. The monoisotopic (exact) mass is 324 g/mol. The molecule has 5 heteroatoms. The zero-order valence-electron chi connectivity index (χ0n) is 11.2. The summed E-state index contributed by atoms with van der Waals surface area (Å²) in [5.41, 5.74) is 0.410. The minimum absolute atomic E-state index is 0.447. The first kappa shape index (κ1) is 15.5. The van der Waals surface area contributed by atoms with Gasteiger partial charge in [-0.05, 0) is 38.5 Å². The molecule has 0 heterocycles. The Bertz CT molecular complexity index is 472. The van der Waals surface area contributed by atoms with Crippen molar-refractivity contribution in [2.45, 2.75) is 38.8 Å². The molecule has 0 radical (unpaired) electrons. The van der Waals surface area contributed by atoms with Crippen molar-refractivity contribution in [2.75, 3.05) is 0 Å². The molecule has 0 aliphatic heterocycles. The van der Waals surface area contributed by atoms with Crippen molar-refractivity contribution in [2.24, 2.45) is 0 Å². The van der Waals surface area contributed by atoms with Gasteiger partial charge in [0.2, 0.25) is 0 Å². The molecule has 0 saturated heterocycles. The van der Waals surface area contributed by atoms with Gasteiger partial charge in [-0.1, -0.05) is 28.1 Å². The highest BCUT2D eigenvalue weighted by Gasteiger charge is 2.19. The minimum atomic E-state index is -0.601. The van der Waals surface area contributed by atoms with Gasteiger partial charge >= 0.3 is 6.09 Å². The summed E-state index contributed by atoms with van der Waals surface area (Å²) >= 11 is 3.35. The van der Waals surface area contributed by atoms with Gasteiger partial charge in [0.05, 0.1) is 6.07 Å². The molecule has 0 aliphatic carbocycles. The number of amides is 1. The standard InChI is InChI=1S/C14H17BrN2O2/c1-14(2,3)19-13(18)17-12(9-16)8-10-4-6-11(15)7-5-10/h4-7,12H,8H2,1-3H3,(H,17,18)/t12-/m0/s1. The molecule has 0 bridgehead atoms. The lowest BCUT2D eigenvalue weighted by Crippen LogP contribution is -2.39. The van der Waals surface area contributed by atoms with Gasteiger partial charge in [-0.2, -0.15) is 5.26 Å². The number of halogens is 1. The molecule has 0 unspecified atom stereocenters. The summed E-state index contributed by atoms with van der Waals surface area (Å²) in [5, 5.41) is 11.6. The highest BCUT2D eigenvalue weighted by Crippen LogP contribution is 2.12. The van der Waals surface area contributed by atoms with Crippen molar-refractivity contribution < 1.29 is 9.53 Å². The van der Waals surface area contributed by atoms with E-state index in [4.69, 9.17) is 10.00 Å². The Morgan fingerprint density at radius 1 is 1.42 bits per heavy atom. The molecule has 4 nitrogen and oxygen atoms in total. The average molecular weight is 325 g/mol. The zero-order chi connectivity index (χ0) is 14.5. The number of carbonyl (C=O) groups is 1. The number of ether oxygens (including phenoxy) is 1. The number of alkyl carbamates (subject to hydrolysis) is 1. The van der Waals surface area contributed by atoms with Crippen LogP contribution in [0.3, 0.4) is 0 Å². The van der Waals surface area contributed by atoms with Crippen molar-refractivity contribution in [3.05, 3.63) is 34.3 Å². The smallest absolute Gasteiger partial charge is 0.408 e. The first-order valence-corrected chi connectivity index (χ1v) is 6.73. The summed E-state index contributed by atoms with van der Waals surface area (Å²) in [5.74, 6) is 0. The fraction of sp³-hybridized carbons (Fsp3) is 0.429. The topological polar surface area (TPSA) is 62.1 Å². The number of carbonyl (C=O) groups excluding carboxylic acids is 1. The van der Waals surface area contributed by atoms with Crippen LogP contribution in [0.4, 0.5) is 4.79 Å². The van der Waals surface area contributed by atoms with Crippen molar-refractivity contribution >= 4 is 22.0 Å². The molecule has 0 aliphatic rings. The van der Waals surface area contributed by atoms with E-state index in [-0.39, 0.29) is 0 Å². The third-order valence-electron chi connectivity index (χ3n) is 2.20. The number of hydrogen-bond acceptors (Lipinski definition) is 3. The van der Waals surface area contributed by atoms with Gasteiger partial charge in [-0.15, -0.1) is 0 Å². The molecule has 1 aromatic carbocycles. The quantitative estimate of drug-likeness (QED) is 0.926. The number of rotatable bonds is 3. The summed E-state index contributed by atoms with van der Waals surface area (Å²) in [7, 11) is 0. The van der Waals surface area contributed by atoms with Crippen LogP contribution in [0.15, 0.2) is 28.7 Å². The van der Waals surface area contributed by atoms with Crippen LogP contribution in [0, 0.1) is 11.3 Å². The van der Waals surface area contributed by atoms with Gasteiger partial charge in [-0.3, -0.25) is 0 Å². The van der Waals surface area contributed by atoms with Crippen LogP contribution in [0.2, 0.25) is 0 Å². The van der Waals surface area contributed by atoms with E-state index in [9.17, 15) is 4.79 Å². The van der Waals surface area contributed by atoms with E-state index >= 15 is 0 Å². The van der Waals surface area contributed by atoms with Crippen molar-refractivity contribution in [1.29, 1.82) is 5.26 Å². The number of nitriles is 1. The van der Waals surface area contributed by atoms with E-state index in [1.807, 2.05) is 24.3 Å². The van der Waals surface area contributed by atoms with Gasteiger partial charge in [-0.25, -0.2) is 4.79 Å². The first-order chi connectivity index (χ1) is 8.80. The lowest BCUT2D eigenvalue weighted by Gasteiger charge is -2.21. The van der Waals surface area contributed by atoms with E-state index in [1.54, 1.807) is 20.8 Å². The van der Waals surface area contributed by atoms with Gasteiger partial charge in [0, 0.05) is 10.9 Å². The van der Waals surface area contributed by atoms with Crippen LogP contribution in [0.25, 0.3) is 0 Å². The van der Waals surface area contributed by atoms with E-state index < -0.39 is 17.7 Å². The van der Waals surface area contributed by atoms with Crippen LogP contribution in [-0.4, -0.2) is 17.7 Å². The lowest BCUT2D eigenvalue weighted by molar-refractivity contribution is 0.0516. The molecular weight excluding hydrogens is 308 g/mol. The number of nitrogens with one attached hydrogen (secondary N) is 1. The van der Waals surface area contributed by atoms with Crippen LogP contribution >= 0.6 is 15.9 Å². The Kier molecular flexibility index (Phi) is 5.37. The predicted molar refractivity (Wildman–Crippen MR) is 76.6 cm³/mol. The molecule has 1 atom stereocenters. The molecule has 102 valence electrons. The normalized spacial score (nSPS) is 12.4. The number of hydrogen-bond donors (Lipinski definition) is 1. The first-order valence-electron chi connectivity index (χ1n) is 5.94. The summed E-state index contributed by atoms with van der Waals surface area (Å²) < 4.78 is 6.09. The van der Waals surface area contributed by atoms with Gasteiger partial charge in [0.15, 0.2) is 0 Å². The third kappa shape index (κ3) is 6.25. The molecule has 0 saturated carbocycles.